The number of carbonyl (C=O) groups excluding carboxylic acids is 2. The van der Waals surface area contributed by atoms with Crippen LogP contribution in [0.25, 0.3) is 10.8 Å². The van der Waals surface area contributed by atoms with Crippen LogP contribution < -0.4 is 14.8 Å². The average Bonchev–Trinajstić information content (AvgIpc) is 2.86. The smallest absolute Gasteiger partial charge is 0.254 e. The number of likely N-dealkylation sites (tertiary alicyclic amines) is 1. The Kier molecular flexibility index (Phi) is 6.59. The molecule has 0 saturated carbocycles. The zero-order valence-electron chi connectivity index (χ0n) is 18.5. The van der Waals surface area contributed by atoms with Gasteiger partial charge in [-0.3, -0.25) is 9.59 Å². The van der Waals surface area contributed by atoms with E-state index >= 15 is 0 Å². The van der Waals surface area contributed by atoms with Gasteiger partial charge in [0.1, 0.15) is 11.5 Å². The van der Waals surface area contributed by atoms with Crippen LogP contribution in [0.1, 0.15) is 28.8 Å². The Labute approximate surface area is 188 Å². The van der Waals surface area contributed by atoms with E-state index in [9.17, 15) is 9.59 Å². The molecule has 0 bridgehead atoms. The van der Waals surface area contributed by atoms with E-state index in [2.05, 4.69) is 5.32 Å². The second kappa shape index (κ2) is 9.73. The molecule has 166 valence electrons. The summed E-state index contributed by atoms with van der Waals surface area (Å²) in [6, 6.07) is 19.0. The molecule has 3 aromatic carbocycles. The predicted molar refractivity (Wildman–Crippen MR) is 124 cm³/mol. The second-order valence-corrected chi connectivity index (χ2v) is 8.02. The zero-order valence-corrected chi connectivity index (χ0v) is 18.5. The number of hydrogen-bond donors (Lipinski definition) is 1. The third-order valence-corrected chi connectivity index (χ3v) is 6.01. The monoisotopic (exact) mass is 432 g/mol. The quantitative estimate of drug-likeness (QED) is 0.639. The van der Waals surface area contributed by atoms with Gasteiger partial charge in [0, 0.05) is 30.6 Å². The van der Waals surface area contributed by atoms with Crippen molar-refractivity contribution in [3.8, 4) is 11.5 Å². The second-order valence-electron chi connectivity index (χ2n) is 8.02. The van der Waals surface area contributed by atoms with Gasteiger partial charge < -0.3 is 19.7 Å². The van der Waals surface area contributed by atoms with E-state index in [0.717, 1.165) is 40.7 Å². The largest absolute Gasteiger partial charge is 0.497 e. The molecule has 1 saturated heterocycles. The highest BCUT2D eigenvalue weighted by Gasteiger charge is 2.29. The van der Waals surface area contributed by atoms with Gasteiger partial charge in [-0.1, -0.05) is 36.4 Å². The number of benzene rings is 3. The van der Waals surface area contributed by atoms with Gasteiger partial charge in [0.25, 0.3) is 5.91 Å². The van der Waals surface area contributed by atoms with Crippen LogP contribution in [0.2, 0.25) is 0 Å². The first kappa shape index (κ1) is 21.7. The standard InChI is InChI=1S/C26H28N2O4/c1-31-20-9-5-7-18(15-20)16-27-25(29)19-8-6-14-28(17-19)26(30)23-12-13-24(32-2)22-11-4-3-10-21(22)23/h3-5,7,9-13,15,19H,6,8,14,16-17H2,1-2H3,(H,27,29). The molecule has 1 heterocycles. The van der Waals surface area contributed by atoms with Crippen molar-refractivity contribution >= 4 is 22.6 Å². The van der Waals surface area contributed by atoms with Gasteiger partial charge in [-0.25, -0.2) is 0 Å². The van der Waals surface area contributed by atoms with Crippen molar-refractivity contribution < 1.29 is 19.1 Å². The Morgan fingerprint density at radius 3 is 2.59 bits per heavy atom. The number of nitrogens with zero attached hydrogens (tertiary/aromatic N) is 1. The minimum Gasteiger partial charge on any atom is -0.497 e. The molecule has 0 radical (unpaired) electrons. The van der Waals surface area contributed by atoms with E-state index in [1.807, 2.05) is 60.7 Å². The Hall–Kier alpha value is -3.54. The van der Waals surface area contributed by atoms with Crippen molar-refractivity contribution in [3.63, 3.8) is 0 Å². The molecule has 1 fully saturated rings. The summed E-state index contributed by atoms with van der Waals surface area (Å²) in [5.74, 6) is 1.21. The molecule has 2 amide bonds. The number of rotatable bonds is 6. The molecule has 1 aliphatic heterocycles. The zero-order chi connectivity index (χ0) is 22.5. The number of piperidine rings is 1. The van der Waals surface area contributed by atoms with Crippen LogP contribution in [-0.2, 0) is 11.3 Å². The molecule has 0 spiro atoms. The van der Waals surface area contributed by atoms with Crippen LogP contribution in [0.15, 0.2) is 60.7 Å². The Morgan fingerprint density at radius 1 is 1.00 bits per heavy atom. The molecule has 1 unspecified atom stereocenters. The van der Waals surface area contributed by atoms with E-state index in [1.54, 1.807) is 19.1 Å². The van der Waals surface area contributed by atoms with Crippen LogP contribution in [0.3, 0.4) is 0 Å². The van der Waals surface area contributed by atoms with Gasteiger partial charge in [0.15, 0.2) is 0 Å². The highest BCUT2D eigenvalue weighted by Crippen LogP contribution is 2.30. The lowest BCUT2D eigenvalue weighted by atomic mass is 9.95. The van der Waals surface area contributed by atoms with Crippen LogP contribution in [-0.4, -0.2) is 44.0 Å². The summed E-state index contributed by atoms with van der Waals surface area (Å²) in [4.78, 5) is 28.0. The van der Waals surface area contributed by atoms with Gasteiger partial charge in [-0.05, 0) is 48.1 Å². The van der Waals surface area contributed by atoms with E-state index in [1.165, 1.54) is 0 Å². The molecule has 6 nitrogen and oxygen atoms in total. The van der Waals surface area contributed by atoms with Crippen LogP contribution in [0.5, 0.6) is 11.5 Å². The van der Waals surface area contributed by atoms with Crippen molar-refractivity contribution in [2.24, 2.45) is 5.92 Å². The Morgan fingerprint density at radius 2 is 1.81 bits per heavy atom. The van der Waals surface area contributed by atoms with Crippen LogP contribution in [0.4, 0.5) is 0 Å². The van der Waals surface area contributed by atoms with E-state index in [-0.39, 0.29) is 17.7 Å². The molecule has 6 heteroatoms. The number of amides is 2. The number of nitrogens with one attached hydrogen (secondary N) is 1. The number of fused-ring (bicyclic) bond motifs is 1. The highest BCUT2D eigenvalue weighted by molar-refractivity contribution is 6.08. The van der Waals surface area contributed by atoms with Crippen LogP contribution >= 0.6 is 0 Å². The van der Waals surface area contributed by atoms with Crippen molar-refractivity contribution in [1.82, 2.24) is 10.2 Å². The van der Waals surface area contributed by atoms with E-state index in [4.69, 9.17) is 9.47 Å². The third kappa shape index (κ3) is 4.54. The fourth-order valence-corrected chi connectivity index (χ4v) is 4.30. The number of methoxy groups -OCH3 is 2. The van der Waals surface area contributed by atoms with Gasteiger partial charge in [0.2, 0.25) is 5.91 Å². The van der Waals surface area contributed by atoms with Crippen LogP contribution in [0, 0.1) is 5.92 Å². The topological polar surface area (TPSA) is 67.9 Å². The molecule has 4 rings (SSSR count). The molecule has 3 aromatic rings. The van der Waals surface area contributed by atoms with Crippen molar-refractivity contribution in [2.45, 2.75) is 19.4 Å². The molecular weight excluding hydrogens is 404 g/mol. The third-order valence-electron chi connectivity index (χ3n) is 6.01. The molecule has 0 aromatic heterocycles. The number of hydrogen-bond acceptors (Lipinski definition) is 4. The first-order valence-electron chi connectivity index (χ1n) is 10.9. The van der Waals surface area contributed by atoms with Crippen molar-refractivity contribution in [1.29, 1.82) is 0 Å². The average molecular weight is 433 g/mol. The molecule has 1 N–H and O–H groups in total. The fourth-order valence-electron chi connectivity index (χ4n) is 4.30. The lowest BCUT2D eigenvalue weighted by Crippen LogP contribution is -2.45. The normalized spacial score (nSPS) is 15.9. The first-order chi connectivity index (χ1) is 15.6. The summed E-state index contributed by atoms with van der Waals surface area (Å²) < 4.78 is 10.7. The van der Waals surface area contributed by atoms with Crippen molar-refractivity contribution in [2.75, 3.05) is 27.3 Å². The summed E-state index contributed by atoms with van der Waals surface area (Å²) in [5, 5.41) is 4.79. The molecule has 0 aliphatic carbocycles. The minimum absolute atomic E-state index is 0.0232. The van der Waals surface area contributed by atoms with E-state index in [0.29, 0.717) is 25.2 Å². The summed E-state index contributed by atoms with van der Waals surface area (Å²) in [5.41, 5.74) is 1.62. The molecule has 1 aliphatic rings. The predicted octanol–water partition coefficient (Wildman–Crippen LogP) is 4.03. The van der Waals surface area contributed by atoms with Gasteiger partial charge >= 0.3 is 0 Å². The summed E-state index contributed by atoms with van der Waals surface area (Å²) in [6.45, 7) is 1.51. The summed E-state index contributed by atoms with van der Waals surface area (Å²) >= 11 is 0. The minimum atomic E-state index is -0.220. The highest BCUT2D eigenvalue weighted by atomic mass is 16.5. The van der Waals surface area contributed by atoms with Gasteiger partial charge in [-0.15, -0.1) is 0 Å². The van der Waals surface area contributed by atoms with Crippen molar-refractivity contribution in [3.05, 3.63) is 71.8 Å². The van der Waals surface area contributed by atoms with E-state index < -0.39 is 0 Å². The molecule has 1 atom stereocenters. The van der Waals surface area contributed by atoms with Gasteiger partial charge in [0.05, 0.1) is 20.1 Å². The Bertz CT molecular complexity index is 1130. The lowest BCUT2D eigenvalue weighted by Gasteiger charge is -2.32. The fraction of sp³-hybridized carbons (Fsp3) is 0.308. The maximum Gasteiger partial charge on any atom is 0.254 e. The van der Waals surface area contributed by atoms with Gasteiger partial charge in [-0.2, -0.15) is 0 Å². The summed E-state index contributed by atoms with van der Waals surface area (Å²) in [6.07, 6.45) is 1.58. The molecular formula is C26H28N2O4. The molecule has 32 heavy (non-hydrogen) atoms. The number of ether oxygens (including phenoxy) is 2. The Balaban J connectivity index is 1.45. The SMILES string of the molecule is COc1cccc(CNC(=O)C2CCCN(C(=O)c3ccc(OC)c4ccccc34)C2)c1. The number of carbonyl (C=O) groups is 2. The maximum atomic E-state index is 13.4. The first-order valence-corrected chi connectivity index (χ1v) is 10.9. The maximum absolute atomic E-state index is 13.4. The lowest BCUT2D eigenvalue weighted by molar-refractivity contribution is -0.126. The summed E-state index contributed by atoms with van der Waals surface area (Å²) in [7, 11) is 3.25.